The van der Waals surface area contributed by atoms with E-state index in [2.05, 4.69) is 17.1 Å². The van der Waals surface area contributed by atoms with E-state index in [9.17, 15) is 4.79 Å². The Bertz CT molecular complexity index is 227. The average Bonchev–Trinajstić information content (AvgIpc) is 2.30. The number of likely N-dealkylation sites (tertiary alicyclic amines) is 1. The molecule has 0 aromatic heterocycles. The summed E-state index contributed by atoms with van der Waals surface area (Å²) in [7, 11) is 0. The monoisotopic (exact) mass is 241 g/mol. The Morgan fingerprint density at radius 1 is 1.35 bits per heavy atom. The van der Waals surface area contributed by atoms with Crippen molar-refractivity contribution in [3.63, 3.8) is 0 Å². The van der Waals surface area contributed by atoms with E-state index in [1.165, 1.54) is 32.4 Å². The highest BCUT2D eigenvalue weighted by Gasteiger charge is 2.17. The third-order valence-corrected chi connectivity index (χ3v) is 3.31. The molecule has 4 heteroatoms. The normalized spacial score (nSPS) is 20.9. The van der Waals surface area contributed by atoms with Gasteiger partial charge in [0.15, 0.2) is 0 Å². The standard InChI is InChI=1S/C13H27N3O/c1-3-7-12(14)13(17)15-11(2)10-16-8-5-4-6-9-16/h11-12H,3-10,14H2,1-2H3,(H,15,17). The molecule has 0 radical (unpaired) electrons. The number of amides is 1. The molecular formula is C13H27N3O. The molecule has 1 amide bonds. The Kier molecular flexibility index (Phi) is 6.52. The lowest BCUT2D eigenvalue weighted by Gasteiger charge is -2.29. The van der Waals surface area contributed by atoms with E-state index in [4.69, 9.17) is 5.73 Å². The van der Waals surface area contributed by atoms with Gasteiger partial charge in [-0.2, -0.15) is 0 Å². The Labute approximate surface area is 105 Å². The highest BCUT2D eigenvalue weighted by atomic mass is 16.2. The number of nitrogens with zero attached hydrogens (tertiary/aromatic N) is 1. The highest BCUT2D eigenvalue weighted by molar-refractivity contribution is 5.81. The second-order valence-corrected chi connectivity index (χ2v) is 5.17. The van der Waals surface area contributed by atoms with E-state index < -0.39 is 0 Å². The zero-order valence-electron chi connectivity index (χ0n) is 11.2. The Morgan fingerprint density at radius 3 is 2.59 bits per heavy atom. The minimum atomic E-state index is -0.344. The molecule has 100 valence electrons. The van der Waals surface area contributed by atoms with E-state index in [0.717, 1.165) is 19.4 Å². The minimum absolute atomic E-state index is 0.00337. The van der Waals surface area contributed by atoms with Crippen molar-refractivity contribution in [1.29, 1.82) is 0 Å². The van der Waals surface area contributed by atoms with E-state index in [1.54, 1.807) is 0 Å². The lowest BCUT2D eigenvalue weighted by Crippen LogP contribution is -2.48. The van der Waals surface area contributed by atoms with Crippen molar-refractivity contribution in [2.75, 3.05) is 19.6 Å². The van der Waals surface area contributed by atoms with Crippen LogP contribution in [0, 0.1) is 0 Å². The van der Waals surface area contributed by atoms with Crippen LogP contribution in [0.25, 0.3) is 0 Å². The van der Waals surface area contributed by atoms with Crippen molar-refractivity contribution >= 4 is 5.91 Å². The molecule has 0 aromatic rings. The largest absolute Gasteiger partial charge is 0.351 e. The van der Waals surface area contributed by atoms with E-state index in [-0.39, 0.29) is 18.0 Å². The summed E-state index contributed by atoms with van der Waals surface area (Å²) in [5.41, 5.74) is 5.78. The van der Waals surface area contributed by atoms with Gasteiger partial charge in [0.2, 0.25) is 5.91 Å². The molecule has 3 N–H and O–H groups in total. The molecule has 17 heavy (non-hydrogen) atoms. The van der Waals surface area contributed by atoms with Crippen LogP contribution in [-0.4, -0.2) is 42.5 Å². The van der Waals surface area contributed by atoms with Crippen LogP contribution in [0.4, 0.5) is 0 Å². The predicted molar refractivity (Wildman–Crippen MR) is 70.8 cm³/mol. The zero-order valence-corrected chi connectivity index (χ0v) is 11.2. The number of piperidine rings is 1. The quantitative estimate of drug-likeness (QED) is 0.732. The third kappa shape index (κ3) is 5.50. The van der Waals surface area contributed by atoms with Crippen molar-refractivity contribution in [2.45, 2.75) is 58.0 Å². The van der Waals surface area contributed by atoms with E-state index in [0.29, 0.717) is 0 Å². The molecule has 0 aromatic carbocycles. The maximum atomic E-state index is 11.7. The second kappa shape index (κ2) is 7.67. The van der Waals surface area contributed by atoms with Gasteiger partial charge in [0.05, 0.1) is 6.04 Å². The van der Waals surface area contributed by atoms with Crippen molar-refractivity contribution in [3.8, 4) is 0 Å². The molecule has 0 aliphatic carbocycles. The molecule has 2 unspecified atom stereocenters. The second-order valence-electron chi connectivity index (χ2n) is 5.17. The van der Waals surface area contributed by atoms with Crippen LogP contribution in [0.2, 0.25) is 0 Å². The number of nitrogens with two attached hydrogens (primary N) is 1. The lowest BCUT2D eigenvalue weighted by molar-refractivity contribution is -0.123. The van der Waals surface area contributed by atoms with Crippen molar-refractivity contribution < 1.29 is 4.79 Å². The van der Waals surface area contributed by atoms with Crippen molar-refractivity contribution in [2.24, 2.45) is 5.73 Å². The van der Waals surface area contributed by atoms with Crippen LogP contribution in [0.3, 0.4) is 0 Å². The van der Waals surface area contributed by atoms with Crippen molar-refractivity contribution in [1.82, 2.24) is 10.2 Å². The van der Waals surface area contributed by atoms with Crippen LogP contribution in [0.5, 0.6) is 0 Å². The number of carbonyl (C=O) groups excluding carboxylic acids is 1. The van der Waals surface area contributed by atoms with Crippen LogP contribution in [0.15, 0.2) is 0 Å². The first-order valence-corrected chi connectivity index (χ1v) is 6.91. The number of nitrogens with one attached hydrogen (secondary N) is 1. The van der Waals surface area contributed by atoms with E-state index >= 15 is 0 Å². The van der Waals surface area contributed by atoms with Crippen molar-refractivity contribution in [3.05, 3.63) is 0 Å². The summed E-state index contributed by atoms with van der Waals surface area (Å²) < 4.78 is 0. The van der Waals surface area contributed by atoms with Gasteiger partial charge in [0.25, 0.3) is 0 Å². The van der Waals surface area contributed by atoms with Gasteiger partial charge in [0.1, 0.15) is 0 Å². The smallest absolute Gasteiger partial charge is 0.237 e. The maximum absolute atomic E-state index is 11.7. The number of carbonyl (C=O) groups is 1. The average molecular weight is 241 g/mol. The summed E-state index contributed by atoms with van der Waals surface area (Å²) in [6, 6.07) is -0.146. The fourth-order valence-corrected chi connectivity index (χ4v) is 2.37. The summed E-state index contributed by atoms with van der Waals surface area (Å²) in [5.74, 6) is -0.00337. The number of rotatable bonds is 6. The zero-order chi connectivity index (χ0) is 12.7. The minimum Gasteiger partial charge on any atom is -0.351 e. The summed E-state index contributed by atoms with van der Waals surface area (Å²) in [5, 5.41) is 3.01. The van der Waals surface area contributed by atoms with Crippen LogP contribution >= 0.6 is 0 Å². The molecule has 1 aliphatic heterocycles. The van der Waals surface area contributed by atoms with Gasteiger partial charge in [-0.1, -0.05) is 19.8 Å². The van der Waals surface area contributed by atoms with Gasteiger partial charge in [0, 0.05) is 12.6 Å². The number of hydrogen-bond donors (Lipinski definition) is 2. The molecule has 0 bridgehead atoms. The van der Waals surface area contributed by atoms with Crippen LogP contribution in [0.1, 0.15) is 46.0 Å². The maximum Gasteiger partial charge on any atom is 0.237 e. The molecular weight excluding hydrogens is 214 g/mol. The summed E-state index contributed by atoms with van der Waals surface area (Å²) in [4.78, 5) is 14.2. The summed E-state index contributed by atoms with van der Waals surface area (Å²) >= 11 is 0. The van der Waals surface area contributed by atoms with E-state index in [1.807, 2.05) is 6.92 Å². The highest BCUT2D eigenvalue weighted by Crippen LogP contribution is 2.08. The fraction of sp³-hybridized carbons (Fsp3) is 0.923. The van der Waals surface area contributed by atoms with Crippen LogP contribution in [-0.2, 0) is 4.79 Å². The first kappa shape index (κ1) is 14.5. The fourth-order valence-electron chi connectivity index (χ4n) is 2.37. The Morgan fingerprint density at radius 2 is 2.00 bits per heavy atom. The van der Waals surface area contributed by atoms with Gasteiger partial charge in [-0.3, -0.25) is 4.79 Å². The molecule has 4 nitrogen and oxygen atoms in total. The van der Waals surface area contributed by atoms with Gasteiger partial charge < -0.3 is 16.0 Å². The number of hydrogen-bond acceptors (Lipinski definition) is 3. The molecule has 1 fully saturated rings. The third-order valence-electron chi connectivity index (χ3n) is 3.31. The summed E-state index contributed by atoms with van der Waals surface area (Å²) in [6.07, 6.45) is 5.64. The molecule has 1 heterocycles. The topological polar surface area (TPSA) is 58.4 Å². The Hall–Kier alpha value is -0.610. The molecule has 1 aliphatic rings. The van der Waals surface area contributed by atoms with Gasteiger partial charge in [-0.05, 0) is 39.3 Å². The van der Waals surface area contributed by atoms with Gasteiger partial charge in [-0.15, -0.1) is 0 Å². The molecule has 1 rings (SSSR count). The SMILES string of the molecule is CCCC(N)C(=O)NC(C)CN1CCCCC1. The predicted octanol–water partition coefficient (Wildman–Crippen LogP) is 1.10. The van der Waals surface area contributed by atoms with Crippen LogP contribution < -0.4 is 11.1 Å². The molecule has 0 saturated carbocycles. The van der Waals surface area contributed by atoms with Gasteiger partial charge in [-0.25, -0.2) is 0 Å². The summed E-state index contributed by atoms with van der Waals surface area (Å²) in [6.45, 7) is 7.39. The van der Waals surface area contributed by atoms with Gasteiger partial charge >= 0.3 is 0 Å². The first-order chi connectivity index (χ1) is 8.13. The lowest BCUT2D eigenvalue weighted by atomic mass is 10.1. The Balaban J connectivity index is 2.23. The molecule has 0 spiro atoms. The molecule has 2 atom stereocenters. The molecule has 1 saturated heterocycles. The first-order valence-electron chi connectivity index (χ1n) is 6.91.